The molecule has 0 amide bonds. The Balaban J connectivity index is 1.92. The standard InChI is InChI=1S/C17H23BrN4O3S/c1-12(2)22-16(19-20(3)17(22)23)13-5-4-10-21(11-13)26(24,25)15-8-6-14(18)7-9-15/h6-9,12-13H,4-5,10-11H2,1-3H3. The fourth-order valence-electron chi connectivity index (χ4n) is 3.39. The topological polar surface area (TPSA) is 77.2 Å². The fraction of sp³-hybridized carbons (Fsp3) is 0.529. The van der Waals surface area contributed by atoms with E-state index in [-0.39, 0.29) is 22.5 Å². The molecule has 3 rings (SSSR count). The quantitative estimate of drug-likeness (QED) is 0.728. The Morgan fingerprint density at radius 1 is 1.23 bits per heavy atom. The molecule has 1 saturated heterocycles. The van der Waals surface area contributed by atoms with Crippen molar-refractivity contribution in [1.29, 1.82) is 0 Å². The lowest BCUT2D eigenvalue weighted by atomic mass is 9.98. The fourth-order valence-corrected chi connectivity index (χ4v) is 5.18. The molecular formula is C17H23BrN4O3S. The Morgan fingerprint density at radius 3 is 2.50 bits per heavy atom. The summed E-state index contributed by atoms with van der Waals surface area (Å²) in [6.45, 7) is 4.69. The van der Waals surface area contributed by atoms with Gasteiger partial charge < -0.3 is 0 Å². The Bertz CT molecular complexity index is 947. The predicted octanol–water partition coefficient (Wildman–Crippen LogP) is 2.49. The van der Waals surface area contributed by atoms with E-state index in [9.17, 15) is 13.2 Å². The smallest absolute Gasteiger partial charge is 0.276 e. The summed E-state index contributed by atoms with van der Waals surface area (Å²) < 4.78 is 31.3. The van der Waals surface area contributed by atoms with Gasteiger partial charge in [0.15, 0.2) is 0 Å². The van der Waals surface area contributed by atoms with Crippen molar-refractivity contribution in [2.45, 2.75) is 43.5 Å². The van der Waals surface area contributed by atoms with Crippen molar-refractivity contribution < 1.29 is 8.42 Å². The third kappa shape index (κ3) is 3.52. The summed E-state index contributed by atoms with van der Waals surface area (Å²) in [4.78, 5) is 12.6. The van der Waals surface area contributed by atoms with Gasteiger partial charge in [-0.3, -0.25) is 4.57 Å². The number of hydrogen-bond acceptors (Lipinski definition) is 4. The highest BCUT2D eigenvalue weighted by molar-refractivity contribution is 9.10. The third-order valence-electron chi connectivity index (χ3n) is 4.70. The maximum absolute atomic E-state index is 13.0. The van der Waals surface area contributed by atoms with Crippen LogP contribution in [0.1, 0.15) is 44.5 Å². The molecule has 1 aliphatic rings. The van der Waals surface area contributed by atoms with Gasteiger partial charge in [0, 0.05) is 36.6 Å². The molecule has 9 heteroatoms. The largest absolute Gasteiger partial charge is 0.345 e. The summed E-state index contributed by atoms with van der Waals surface area (Å²) in [5.74, 6) is 0.577. The molecule has 0 N–H and O–H groups in total. The highest BCUT2D eigenvalue weighted by Gasteiger charge is 2.33. The van der Waals surface area contributed by atoms with Gasteiger partial charge in [-0.1, -0.05) is 15.9 Å². The first-order chi connectivity index (χ1) is 12.2. The lowest BCUT2D eigenvalue weighted by Gasteiger charge is -2.31. The molecule has 0 saturated carbocycles. The van der Waals surface area contributed by atoms with Crippen molar-refractivity contribution in [3.8, 4) is 0 Å². The number of benzene rings is 1. The molecule has 1 aromatic heterocycles. The van der Waals surface area contributed by atoms with Gasteiger partial charge in [-0.15, -0.1) is 0 Å². The van der Waals surface area contributed by atoms with E-state index < -0.39 is 10.0 Å². The first-order valence-electron chi connectivity index (χ1n) is 8.63. The Hall–Kier alpha value is -1.45. The summed E-state index contributed by atoms with van der Waals surface area (Å²) >= 11 is 3.33. The summed E-state index contributed by atoms with van der Waals surface area (Å²) in [6.07, 6.45) is 1.55. The van der Waals surface area contributed by atoms with Crippen LogP contribution < -0.4 is 5.69 Å². The van der Waals surface area contributed by atoms with E-state index in [0.29, 0.717) is 18.9 Å². The monoisotopic (exact) mass is 442 g/mol. The van der Waals surface area contributed by atoms with Gasteiger partial charge in [-0.05, 0) is 51.0 Å². The number of hydrogen-bond donors (Lipinski definition) is 0. The number of aromatic nitrogens is 3. The zero-order chi connectivity index (χ0) is 19.1. The predicted molar refractivity (Wildman–Crippen MR) is 103 cm³/mol. The highest BCUT2D eigenvalue weighted by Crippen LogP contribution is 2.30. The average Bonchev–Trinajstić information content (AvgIpc) is 2.91. The first kappa shape index (κ1) is 19.3. The van der Waals surface area contributed by atoms with Crippen molar-refractivity contribution >= 4 is 26.0 Å². The van der Waals surface area contributed by atoms with Gasteiger partial charge in [0.05, 0.1) is 4.90 Å². The summed E-state index contributed by atoms with van der Waals surface area (Å²) in [7, 11) is -1.94. The Morgan fingerprint density at radius 2 is 1.88 bits per heavy atom. The molecule has 7 nitrogen and oxygen atoms in total. The molecule has 0 aliphatic carbocycles. The van der Waals surface area contributed by atoms with E-state index in [1.165, 1.54) is 8.99 Å². The van der Waals surface area contributed by atoms with Crippen molar-refractivity contribution in [2.75, 3.05) is 13.1 Å². The highest BCUT2D eigenvalue weighted by atomic mass is 79.9. The summed E-state index contributed by atoms with van der Waals surface area (Å²) in [5, 5.41) is 4.40. The second kappa shape index (κ2) is 7.28. The van der Waals surface area contributed by atoms with Gasteiger partial charge in [0.25, 0.3) is 0 Å². The molecule has 2 aromatic rings. The van der Waals surface area contributed by atoms with Gasteiger partial charge in [-0.2, -0.15) is 9.40 Å². The van der Waals surface area contributed by atoms with E-state index in [4.69, 9.17) is 0 Å². The second-order valence-corrected chi connectivity index (χ2v) is 9.74. The lowest BCUT2D eigenvalue weighted by Crippen LogP contribution is -2.40. The van der Waals surface area contributed by atoms with Crippen molar-refractivity contribution in [1.82, 2.24) is 18.7 Å². The van der Waals surface area contributed by atoms with Crippen LogP contribution in [-0.2, 0) is 17.1 Å². The van der Waals surface area contributed by atoms with Crippen molar-refractivity contribution in [3.05, 3.63) is 45.0 Å². The number of rotatable bonds is 4. The summed E-state index contributed by atoms with van der Waals surface area (Å²) in [6, 6.07) is 6.64. The van der Waals surface area contributed by atoms with Crippen molar-refractivity contribution in [3.63, 3.8) is 0 Å². The number of aryl methyl sites for hydroxylation is 1. The van der Waals surface area contributed by atoms with Gasteiger partial charge in [0.2, 0.25) is 10.0 Å². The molecule has 1 fully saturated rings. The van der Waals surface area contributed by atoms with Gasteiger partial charge in [0.1, 0.15) is 5.82 Å². The van der Waals surface area contributed by atoms with Crippen LogP contribution in [0.25, 0.3) is 0 Å². The molecule has 26 heavy (non-hydrogen) atoms. The number of halogens is 1. The molecule has 1 unspecified atom stereocenters. The minimum Gasteiger partial charge on any atom is -0.276 e. The molecule has 142 valence electrons. The van der Waals surface area contributed by atoms with Crippen LogP contribution >= 0.6 is 15.9 Å². The van der Waals surface area contributed by atoms with Crippen LogP contribution in [-0.4, -0.2) is 40.2 Å². The Kier molecular flexibility index (Phi) is 5.41. The summed E-state index contributed by atoms with van der Waals surface area (Å²) in [5.41, 5.74) is -0.164. The zero-order valence-electron chi connectivity index (χ0n) is 15.1. The van der Waals surface area contributed by atoms with E-state index in [1.54, 1.807) is 35.9 Å². The van der Waals surface area contributed by atoms with Gasteiger partial charge >= 0.3 is 5.69 Å². The number of nitrogens with zero attached hydrogens (tertiary/aromatic N) is 4. The van der Waals surface area contributed by atoms with E-state index >= 15 is 0 Å². The molecule has 0 bridgehead atoms. The Labute approximate surface area is 161 Å². The van der Waals surface area contributed by atoms with Crippen LogP contribution in [0.5, 0.6) is 0 Å². The van der Waals surface area contributed by atoms with E-state index in [2.05, 4.69) is 21.0 Å². The first-order valence-corrected chi connectivity index (χ1v) is 10.9. The lowest BCUT2D eigenvalue weighted by molar-refractivity contribution is 0.301. The normalized spacial score (nSPS) is 19.2. The minimum absolute atomic E-state index is 0.0235. The van der Waals surface area contributed by atoms with Crippen LogP contribution in [0.4, 0.5) is 0 Å². The van der Waals surface area contributed by atoms with Crippen LogP contribution in [0.2, 0.25) is 0 Å². The van der Waals surface area contributed by atoms with Crippen molar-refractivity contribution in [2.24, 2.45) is 7.05 Å². The van der Waals surface area contributed by atoms with Crippen LogP contribution in [0.15, 0.2) is 38.4 Å². The van der Waals surface area contributed by atoms with Crippen LogP contribution in [0.3, 0.4) is 0 Å². The molecule has 0 spiro atoms. The van der Waals surface area contributed by atoms with E-state index in [1.807, 2.05) is 13.8 Å². The molecule has 1 atom stereocenters. The molecule has 2 heterocycles. The number of sulfonamides is 1. The molecule has 1 aromatic carbocycles. The maximum atomic E-state index is 13.0. The average molecular weight is 443 g/mol. The SMILES string of the molecule is CC(C)n1c(C2CCCN(S(=O)(=O)c3ccc(Br)cc3)C2)nn(C)c1=O. The second-order valence-electron chi connectivity index (χ2n) is 6.88. The molecule has 1 aliphatic heterocycles. The third-order valence-corrected chi connectivity index (χ3v) is 7.11. The number of piperidine rings is 1. The minimum atomic E-state index is -3.57. The maximum Gasteiger partial charge on any atom is 0.345 e. The van der Waals surface area contributed by atoms with Crippen LogP contribution in [0, 0.1) is 0 Å². The molecular weight excluding hydrogens is 420 g/mol. The zero-order valence-corrected chi connectivity index (χ0v) is 17.5. The van der Waals surface area contributed by atoms with Gasteiger partial charge in [-0.25, -0.2) is 17.9 Å². The van der Waals surface area contributed by atoms with E-state index in [0.717, 1.165) is 17.3 Å². The molecule has 0 radical (unpaired) electrons.